The van der Waals surface area contributed by atoms with Crippen molar-refractivity contribution in [3.05, 3.63) is 64.7 Å². The molecule has 2 rings (SSSR count). The van der Waals surface area contributed by atoms with Crippen LogP contribution in [0.3, 0.4) is 0 Å². The first kappa shape index (κ1) is 15.4. The highest BCUT2D eigenvalue weighted by molar-refractivity contribution is 5.37. The van der Waals surface area contributed by atoms with Gasteiger partial charge in [0, 0.05) is 11.6 Å². The largest absolute Gasteiger partial charge is 0.489 e. The van der Waals surface area contributed by atoms with Gasteiger partial charge in [-0.2, -0.15) is 0 Å². The Morgan fingerprint density at radius 2 is 1.95 bits per heavy atom. The fourth-order valence-corrected chi connectivity index (χ4v) is 2.09. The Morgan fingerprint density at radius 1 is 1.19 bits per heavy atom. The summed E-state index contributed by atoms with van der Waals surface area (Å²) in [5.74, 6) is -1.03. The second kappa shape index (κ2) is 6.68. The Morgan fingerprint density at radius 3 is 2.62 bits per heavy atom. The Labute approximate surface area is 123 Å². The zero-order valence-corrected chi connectivity index (χ0v) is 12.4. The first-order valence-corrected chi connectivity index (χ1v) is 6.86. The molecule has 0 saturated carbocycles. The highest BCUT2D eigenvalue weighted by Crippen LogP contribution is 2.24. The molecule has 0 amide bonds. The molecule has 0 radical (unpaired) electrons. The molecule has 0 spiro atoms. The summed E-state index contributed by atoms with van der Waals surface area (Å²) in [4.78, 5) is 0. The molecule has 1 unspecified atom stereocenters. The van der Waals surface area contributed by atoms with E-state index in [9.17, 15) is 8.78 Å². The van der Waals surface area contributed by atoms with E-state index in [-0.39, 0.29) is 18.2 Å². The zero-order valence-electron chi connectivity index (χ0n) is 12.4. The molecule has 0 heterocycles. The minimum Gasteiger partial charge on any atom is -0.489 e. The van der Waals surface area contributed by atoms with E-state index in [2.05, 4.69) is 12.2 Å². The highest BCUT2D eigenvalue weighted by Gasteiger charge is 2.10. The third-order valence-electron chi connectivity index (χ3n) is 3.55. The lowest BCUT2D eigenvalue weighted by atomic mass is 10.1. The van der Waals surface area contributed by atoms with Crippen LogP contribution < -0.4 is 10.1 Å². The molecule has 0 aliphatic heterocycles. The van der Waals surface area contributed by atoms with Crippen molar-refractivity contribution in [2.24, 2.45) is 0 Å². The number of aryl methyl sites for hydroxylation is 1. The normalized spacial score (nSPS) is 12.2. The van der Waals surface area contributed by atoms with Crippen molar-refractivity contribution >= 4 is 0 Å². The van der Waals surface area contributed by atoms with Gasteiger partial charge < -0.3 is 10.1 Å². The monoisotopic (exact) mass is 291 g/mol. The van der Waals surface area contributed by atoms with Gasteiger partial charge in [0.15, 0.2) is 11.6 Å². The van der Waals surface area contributed by atoms with Crippen molar-refractivity contribution in [3.63, 3.8) is 0 Å². The van der Waals surface area contributed by atoms with Gasteiger partial charge in [0.05, 0.1) is 0 Å². The van der Waals surface area contributed by atoms with Crippen LogP contribution in [0.15, 0.2) is 36.4 Å². The lowest BCUT2D eigenvalue weighted by molar-refractivity contribution is 0.295. The van der Waals surface area contributed by atoms with Crippen LogP contribution in [0.5, 0.6) is 5.75 Å². The summed E-state index contributed by atoms with van der Waals surface area (Å²) in [6.07, 6.45) is 0. The molecule has 0 saturated heterocycles. The topological polar surface area (TPSA) is 21.3 Å². The van der Waals surface area contributed by atoms with Gasteiger partial charge in [-0.15, -0.1) is 0 Å². The summed E-state index contributed by atoms with van der Waals surface area (Å²) in [5, 5.41) is 3.17. The molecule has 112 valence electrons. The first-order valence-electron chi connectivity index (χ1n) is 6.86. The number of hydrogen-bond acceptors (Lipinski definition) is 2. The van der Waals surface area contributed by atoms with E-state index in [1.807, 2.05) is 32.2 Å². The molecular formula is C17H19F2NO. The van der Waals surface area contributed by atoms with Crippen LogP contribution in [0.4, 0.5) is 8.78 Å². The smallest absolute Gasteiger partial charge is 0.165 e. The fourth-order valence-electron chi connectivity index (χ4n) is 2.09. The van der Waals surface area contributed by atoms with Crippen LogP contribution >= 0.6 is 0 Å². The minimum atomic E-state index is -0.856. The van der Waals surface area contributed by atoms with Gasteiger partial charge in [-0.25, -0.2) is 8.78 Å². The summed E-state index contributed by atoms with van der Waals surface area (Å²) >= 11 is 0. The summed E-state index contributed by atoms with van der Waals surface area (Å²) in [5.41, 5.74) is 2.33. The number of rotatable bonds is 5. The van der Waals surface area contributed by atoms with Crippen molar-refractivity contribution < 1.29 is 13.5 Å². The quantitative estimate of drug-likeness (QED) is 0.894. The van der Waals surface area contributed by atoms with Crippen molar-refractivity contribution in [2.75, 3.05) is 7.05 Å². The maximum atomic E-state index is 13.6. The third kappa shape index (κ3) is 3.58. The molecule has 0 fully saturated rings. The summed E-state index contributed by atoms with van der Waals surface area (Å²) < 4.78 is 32.3. The van der Waals surface area contributed by atoms with Crippen LogP contribution in [0.2, 0.25) is 0 Å². The number of ether oxygens (including phenoxy) is 1. The Hall–Kier alpha value is -1.94. The first-order chi connectivity index (χ1) is 10.0. The Balaban J connectivity index is 2.12. The van der Waals surface area contributed by atoms with E-state index < -0.39 is 11.6 Å². The number of hydrogen-bond donors (Lipinski definition) is 1. The maximum absolute atomic E-state index is 13.6. The molecule has 0 bridgehead atoms. The standard InChI is InChI=1S/C17H19F2NO/c1-11-9-13(12(2)20-3)7-8-16(11)21-10-14-5-4-6-15(18)17(14)19/h4-9,12,20H,10H2,1-3H3. The number of halogens is 2. The van der Waals surface area contributed by atoms with Gasteiger partial charge in [-0.1, -0.05) is 24.3 Å². The molecule has 2 aromatic rings. The van der Waals surface area contributed by atoms with Crippen LogP contribution in [-0.4, -0.2) is 7.05 Å². The predicted molar refractivity (Wildman–Crippen MR) is 79.3 cm³/mol. The van der Waals surface area contributed by atoms with E-state index in [1.54, 1.807) is 0 Å². The summed E-state index contributed by atoms with van der Waals surface area (Å²) in [7, 11) is 1.90. The molecule has 4 heteroatoms. The van der Waals surface area contributed by atoms with Gasteiger partial charge in [0.1, 0.15) is 12.4 Å². The molecule has 0 aliphatic rings. The third-order valence-corrected chi connectivity index (χ3v) is 3.55. The van der Waals surface area contributed by atoms with Crippen molar-refractivity contribution in [1.82, 2.24) is 5.32 Å². The van der Waals surface area contributed by atoms with E-state index in [0.29, 0.717) is 5.75 Å². The number of benzene rings is 2. The second-order valence-corrected chi connectivity index (χ2v) is 5.04. The van der Waals surface area contributed by atoms with Crippen molar-refractivity contribution in [1.29, 1.82) is 0 Å². The van der Waals surface area contributed by atoms with Crippen LogP contribution in [0.25, 0.3) is 0 Å². The molecule has 2 aromatic carbocycles. The molecule has 0 aliphatic carbocycles. The van der Waals surface area contributed by atoms with E-state index in [0.717, 1.165) is 17.2 Å². The van der Waals surface area contributed by atoms with Gasteiger partial charge >= 0.3 is 0 Å². The zero-order chi connectivity index (χ0) is 15.4. The lowest BCUT2D eigenvalue weighted by Crippen LogP contribution is -2.12. The van der Waals surface area contributed by atoms with Crippen LogP contribution in [0, 0.1) is 18.6 Å². The lowest BCUT2D eigenvalue weighted by Gasteiger charge is -2.14. The highest BCUT2D eigenvalue weighted by atomic mass is 19.2. The average molecular weight is 291 g/mol. The molecule has 1 atom stereocenters. The van der Waals surface area contributed by atoms with Crippen LogP contribution in [0.1, 0.15) is 29.7 Å². The Kier molecular flexibility index (Phi) is 4.91. The van der Waals surface area contributed by atoms with Crippen LogP contribution in [-0.2, 0) is 6.61 Å². The van der Waals surface area contributed by atoms with Gasteiger partial charge in [-0.3, -0.25) is 0 Å². The molecule has 0 aromatic heterocycles. The molecule has 2 nitrogen and oxygen atoms in total. The Bertz CT molecular complexity index is 628. The fraction of sp³-hybridized carbons (Fsp3) is 0.294. The van der Waals surface area contributed by atoms with Crippen molar-refractivity contribution in [2.45, 2.75) is 26.5 Å². The van der Waals surface area contributed by atoms with E-state index in [1.165, 1.54) is 12.1 Å². The average Bonchev–Trinajstić information content (AvgIpc) is 2.49. The molecule has 21 heavy (non-hydrogen) atoms. The predicted octanol–water partition coefficient (Wildman–Crippen LogP) is 4.13. The molecule has 1 N–H and O–H groups in total. The maximum Gasteiger partial charge on any atom is 0.165 e. The van der Waals surface area contributed by atoms with Gasteiger partial charge in [0.25, 0.3) is 0 Å². The summed E-state index contributed by atoms with van der Waals surface area (Å²) in [6, 6.07) is 10.2. The van der Waals surface area contributed by atoms with Gasteiger partial charge in [-0.05, 0) is 44.2 Å². The molecular weight excluding hydrogens is 272 g/mol. The SMILES string of the molecule is CNC(C)c1ccc(OCc2cccc(F)c2F)c(C)c1. The second-order valence-electron chi connectivity index (χ2n) is 5.04. The van der Waals surface area contributed by atoms with E-state index >= 15 is 0 Å². The van der Waals surface area contributed by atoms with E-state index in [4.69, 9.17) is 4.74 Å². The van der Waals surface area contributed by atoms with Gasteiger partial charge in [0.2, 0.25) is 0 Å². The minimum absolute atomic E-state index is 0.00532. The van der Waals surface area contributed by atoms with Crippen molar-refractivity contribution in [3.8, 4) is 5.75 Å². The number of nitrogens with one attached hydrogen (secondary N) is 1. The summed E-state index contributed by atoms with van der Waals surface area (Å²) in [6.45, 7) is 4.01.